The largest absolute Gasteiger partial charge is 0.416 e. The van der Waals surface area contributed by atoms with Crippen LogP contribution in [0.1, 0.15) is 5.56 Å². The minimum atomic E-state index is -4.36. The van der Waals surface area contributed by atoms with Crippen LogP contribution >= 0.6 is 0 Å². The lowest BCUT2D eigenvalue weighted by atomic mass is 10.1. The SMILES string of the molecule is O=C1CNCCN(c2cccc(C(F)(F)F)c2)C1. The van der Waals surface area contributed by atoms with Gasteiger partial charge in [-0.3, -0.25) is 4.79 Å². The van der Waals surface area contributed by atoms with Crippen LogP contribution in [0.2, 0.25) is 0 Å². The quantitative estimate of drug-likeness (QED) is 0.832. The minimum Gasteiger partial charge on any atom is -0.363 e. The monoisotopic (exact) mass is 258 g/mol. The summed E-state index contributed by atoms with van der Waals surface area (Å²) in [5.41, 5.74) is -0.258. The molecule has 1 aliphatic rings. The van der Waals surface area contributed by atoms with E-state index in [1.54, 1.807) is 11.0 Å². The summed E-state index contributed by atoms with van der Waals surface area (Å²) in [5.74, 6) is -0.0232. The maximum Gasteiger partial charge on any atom is 0.416 e. The van der Waals surface area contributed by atoms with E-state index in [2.05, 4.69) is 5.32 Å². The molecule has 0 aliphatic carbocycles. The van der Waals surface area contributed by atoms with Crippen molar-refractivity contribution in [2.24, 2.45) is 0 Å². The molecule has 18 heavy (non-hydrogen) atoms. The van der Waals surface area contributed by atoms with E-state index < -0.39 is 11.7 Å². The molecule has 1 fully saturated rings. The Balaban J connectivity index is 2.24. The summed E-state index contributed by atoms with van der Waals surface area (Å²) >= 11 is 0. The molecular formula is C12H13F3N2O. The zero-order valence-corrected chi connectivity index (χ0v) is 9.63. The van der Waals surface area contributed by atoms with Crippen LogP contribution in [-0.4, -0.2) is 32.0 Å². The van der Waals surface area contributed by atoms with Crippen molar-refractivity contribution in [1.29, 1.82) is 0 Å². The molecule has 0 saturated carbocycles. The number of Topliss-reactive ketones (excluding diaryl/α,β-unsaturated/α-hetero) is 1. The standard InChI is InChI=1S/C12H13F3N2O/c13-12(14,15)9-2-1-3-10(6-9)17-5-4-16-7-11(18)8-17/h1-3,6,16H,4-5,7-8H2. The van der Waals surface area contributed by atoms with Gasteiger partial charge in [-0.15, -0.1) is 0 Å². The van der Waals surface area contributed by atoms with Crippen LogP contribution in [-0.2, 0) is 11.0 Å². The van der Waals surface area contributed by atoms with Crippen LogP contribution in [0, 0.1) is 0 Å². The number of rotatable bonds is 1. The maximum absolute atomic E-state index is 12.6. The first-order chi connectivity index (χ1) is 8.47. The maximum atomic E-state index is 12.6. The number of hydrogen-bond donors (Lipinski definition) is 1. The Hall–Kier alpha value is -1.56. The van der Waals surface area contributed by atoms with Crippen molar-refractivity contribution < 1.29 is 18.0 Å². The normalized spacial score (nSPS) is 17.7. The van der Waals surface area contributed by atoms with Crippen molar-refractivity contribution >= 4 is 11.5 Å². The molecule has 1 aliphatic heterocycles. The molecule has 1 aromatic carbocycles. The third-order valence-electron chi connectivity index (χ3n) is 2.79. The first kappa shape index (κ1) is 12.9. The number of nitrogens with one attached hydrogen (secondary N) is 1. The van der Waals surface area contributed by atoms with Gasteiger partial charge < -0.3 is 10.2 Å². The van der Waals surface area contributed by atoms with Gasteiger partial charge in [0.1, 0.15) is 0 Å². The molecule has 0 aromatic heterocycles. The summed E-state index contributed by atoms with van der Waals surface area (Å²) in [6.45, 7) is 1.53. The van der Waals surface area contributed by atoms with E-state index in [-0.39, 0.29) is 18.9 Å². The average molecular weight is 258 g/mol. The molecular weight excluding hydrogens is 245 g/mol. The van der Waals surface area contributed by atoms with Crippen molar-refractivity contribution in [3.05, 3.63) is 29.8 Å². The zero-order valence-electron chi connectivity index (χ0n) is 9.63. The first-order valence-corrected chi connectivity index (χ1v) is 5.61. The lowest BCUT2D eigenvalue weighted by molar-refractivity contribution is -0.137. The average Bonchev–Trinajstić information content (AvgIpc) is 2.53. The van der Waals surface area contributed by atoms with Crippen molar-refractivity contribution in [3.8, 4) is 0 Å². The van der Waals surface area contributed by atoms with Crippen LogP contribution in [0.5, 0.6) is 0 Å². The van der Waals surface area contributed by atoms with Crippen LogP contribution in [0.15, 0.2) is 24.3 Å². The number of carbonyl (C=O) groups is 1. The molecule has 0 spiro atoms. The second kappa shape index (κ2) is 4.97. The fourth-order valence-electron chi connectivity index (χ4n) is 1.89. The van der Waals surface area contributed by atoms with E-state index in [0.717, 1.165) is 12.1 Å². The molecule has 1 saturated heterocycles. The lowest BCUT2D eigenvalue weighted by Crippen LogP contribution is -2.30. The predicted octanol–water partition coefficient (Wildman–Crippen LogP) is 1.68. The van der Waals surface area contributed by atoms with E-state index in [1.165, 1.54) is 6.07 Å². The van der Waals surface area contributed by atoms with Gasteiger partial charge in [0.25, 0.3) is 0 Å². The second-order valence-corrected chi connectivity index (χ2v) is 4.19. The second-order valence-electron chi connectivity index (χ2n) is 4.19. The smallest absolute Gasteiger partial charge is 0.363 e. The highest BCUT2D eigenvalue weighted by Gasteiger charge is 2.31. The Kier molecular flexibility index (Phi) is 3.56. The van der Waals surface area contributed by atoms with E-state index in [0.29, 0.717) is 18.8 Å². The highest BCUT2D eigenvalue weighted by Crippen LogP contribution is 2.31. The van der Waals surface area contributed by atoms with Gasteiger partial charge in [-0.2, -0.15) is 13.2 Å². The summed E-state index contributed by atoms with van der Waals surface area (Å²) in [7, 11) is 0. The van der Waals surface area contributed by atoms with Crippen LogP contribution in [0.25, 0.3) is 0 Å². The fourth-order valence-corrected chi connectivity index (χ4v) is 1.89. The van der Waals surface area contributed by atoms with E-state index in [4.69, 9.17) is 0 Å². The van der Waals surface area contributed by atoms with Crippen molar-refractivity contribution in [2.45, 2.75) is 6.18 Å². The molecule has 3 nitrogen and oxygen atoms in total. The number of anilines is 1. The summed E-state index contributed by atoms with van der Waals surface area (Å²) in [6.07, 6.45) is -4.36. The molecule has 1 heterocycles. The van der Waals surface area contributed by atoms with E-state index >= 15 is 0 Å². The number of hydrogen-bond acceptors (Lipinski definition) is 3. The zero-order chi connectivity index (χ0) is 13.2. The number of benzene rings is 1. The van der Waals surface area contributed by atoms with Gasteiger partial charge in [0.15, 0.2) is 5.78 Å². The van der Waals surface area contributed by atoms with Crippen molar-refractivity contribution in [1.82, 2.24) is 5.32 Å². The third kappa shape index (κ3) is 3.01. The number of carbonyl (C=O) groups excluding carboxylic acids is 1. The molecule has 2 rings (SSSR count). The molecule has 0 unspecified atom stereocenters. The summed E-state index contributed by atoms with van der Waals surface area (Å²) in [5, 5.41) is 2.93. The minimum absolute atomic E-state index is 0.0232. The predicted molar refractivity (Wildman–Crippen MR) is 61.5 cm³/mol. The molecule has 0 amide bonds. The Bertz CT molecular complexity index is 445. The number of ketones is 1. The Morgan fingerprint density at radius 3 is 2.78 bits per heavy atom. The van der Waals surface area contributed by atoms with Crippen LogP contribution in [0.4, 0.5) is 18.9 Å². The summed E-state index contributed by atoms with van der Waals surface area (Å²) < 4.78 is 37.8. The Morgan fingerprint density at radius 2 is 2.06 bits per heavy atom. The Labute approximate surface area is 103 Å². The molecule has 0 bridgehead atoms. The van der Waals surface area contributed by atoms with Crippen molar-refractivity contribution in [3.63, 3.8) is 0 Å². The first-order valence-electron chi connectivity index (χ1n) is 5.61. The van der Waals surface area contributed by atoms with Gasteiger partial charge in [0, 0.05) is 18.8 Å². The number of alkyl halides is 3. The molecule has 98 valence electrons. The number of halogens is 3. The topological polar surface area (TPSA) is 32.3 Å². The highest BCUT2D eigenvalue weighted by atomic mass is 19.4. The summed E-state index contributed by atoms with van der Waals surface area (Å²) in [6, 6.07) is 5.06. The third-order valence-corrected chi connectivity index (χ3v) is 2.79. The fraction of sp³-hybridized carbons (Fsp3) is 0.417. The Morgan fingerprint density at radius 1 is 1.28 bits per heavy atom. The number of nitrogens with zero attached hydrogens (tertiary/aromatic N) is 1. The lowest BCUT2D eigenvalue weighted by Gasteiger charge is -2.22. The molecule has 1 N–H and O–H groups in total. The van der Waals surface area contributed by atoms with Gasteiger partial charge in [0.05, 0.1) is 18.7 Å². The highest BCUT2D eigenvalue weighted by molar-refractivity contribution is 5.85. The summed E-state index contributed by atoms with van der Waals surface area (Å²) in [4.78, 5) is 13.1. The van der Waals surface area contributed by atoms with Gasteiger partial charge in [0.2, 0.25) is 0 Å². The molecule has 6 heteroatoms. The van der Waals surface area contributed by atoms with E-state index in [9.17, 15) is 18.0 Å². The van der Waals surface area contributed by atoms with Gasteiger partial charge in [-0.25, -0.2) is 0 Å². The van der Waals surface area contributed by atoms with Crippen LogP contribution < -0.4 is 10.2 Å². The molecule has 0 atom stereocenters. The van der Waals surface area contributed by atoms with Crippen molar-refractivity contribution in [2.75, 3.05) is 31.1 Å². The molecule has 0 radical (unpaired) electrons. The molecule has 1 aromatic rings. The van der Waals surface area contributed by atoms with Gasteiger partial charge in [-0.05, 0) is 18.2 Å². The van der Waals surface area contributed by atoms with E-state index in [1.807, 2.05) is 0 Å². The van der Waals surface area contributed by atoms with Gasteiger partial charge in [-0.1, -0.05) is 6.07 Å². The van der Waals surface area contributed by atoms with Gasteiger partial charge >= 0.3 is 6.18 Å². The van der Waals surface area contributed by atoms with Crippen LogP contribution in [0.3, 0.4) is 0 Å².